The molecule has 0 atom stereocenters. The summed E-state index contributed by atoms with van der Waals surface area (Å²) in [6.45, 7) is 2.04. The van der Waals surface area contributed by atoms with Gasteiger partial charge in [-0.05, 0) is 34.9 Å². The van der Waals surface area contributed by atoms with Gasteiger partial charge in [0.2, 0.25) is 0 Å². The van der Waals surface area contributed by atoms with E-state index in [9.17, 15) is 9.59 Å². The van der Waals surface area contributed by atoms with Crippen LogP contribution in [0.4, 0.5) is 0 Å². The minimum absolute atomic E-state index is 0.202. The third kappa shape index (κ3) is 2.81. The molecule has 0 spiro atoms. The molecule has 106 valence electrons. The predicted octanol–water partition coefficient (Wildman–Crippen LogP) is 1.15. The molecule has 1 amide bonds. The summed E-state index contributed by atoms with van der Waals surface area (Å²) >= 11 is 0. The predicted molar refractivity (Wildman–Crippen MR) is 74.8 cm³/mol. The van der Waals surface area contributed by atoms with E-state index >= 15 is 0 Å². The van der Waals surface area contributed by atoms with Crippen molar-refractivity contribution >= 4 is 16.9 Å². The van der Waals surface area contributed by atoms with E-state index in [2.05, 4.69) is 25.2 Å². The molecule has 3 rings (SSSR count). The van der Waals surface area contributed by atoms with E-state index < -0.39 is 0 Å². The van der Waals surface area contributed by atoms with Crippen LogP contribution in [0, 0.1) is 6.92 Å². The van der Waals surface area contributed by atoms with Gasteiger partial charge < -0.3 is 10.3 Å². The Hall–Kier alpha value is -2.96. The molecule has 7 nitrogen and oxygen atoms in total. The van der Waals surface area contributed by atoms with Crippen LogP contribution < -0.4 is 10.7 Å². The number of hydrogen-bond donors (Lipinski definition) is 2. The number of carbonyl (C=O) groups excluding carboxylic acids is 1. The Kier molecular flexibility index (Phi) is 3.23. The van der Waals surface area contributed by atoms with Gasteiger partial charge in [0.25, 0.3) is 5.91 Å². The normalized spacial score (nSPS) is 10.7. The van der Waals surface area contributed by atoms with Gasteiger partial charge in [-0.2, -0.15) is 0 Å². The van der Waals surface area contributed by atoms with Gasteiger partial charge in [-0.1, -0.05) is 6.07 Å². The molecule has 3 aromatic rings. The molecule has 2 aromatic heterocycles. The number of nitrogens with one attached hydrogen (secondary N) is 2. The molecule has 0 radical (unpaired) electrons. The van der Waals surface area contributed by atoms with Crippen LogP contribution in [-0.2, 0) is 6.54 Å². The van der Waals surface area contributed by atoms with E-state index in [0.717, 1.165) is 5.56 Å². The smallest absolute Gasteiger partial charge is 0.268 e. The maximum Gasteiger partial charge on any atom is 0.268 e. The molecule has 0 saturated carbocycles. The fraction of sp³-hybridized carbons (Fsp3) is 0.143. The SMILES string of the molecule is Cc1cc(=O)cc(C(=O)NCc2ccc3nonc3c2)[nH]1. The first-order valence-corrected chi connectivity index (χ1v) is 6.32. The van der Waals surface area contributed by atoms with Gasteiger partial charge in [-0.15, -0.1) is 0 Å². The Balaban J connectivity index is 1.74. The van der Waals surface area contributed by atoms with E-state index in [-0.39, 0.29) is 17.0 Å². The molecule has 0 aliphatic heterocycles. The fourth-order valence-corrected chi connectivity index (χ4v) is 2.02. The summed E-state index contributed by atoms with van der Waals surface area (Å²) in [6, 6.07) is 8.08. The number of hydrogen-bond acceptors (Lipinski definition) is 5. The van der Waals surface area contributed by atoms with Crippen molar-refractivity contribution in [2.24, 2.45) is 0 Å². The first-order valence-electron chi connectivity index (χ1n) is 6.32. The maximum atomic E-state index is 12.0. The largest absolute Gasteiger partial charge is 0.354 e. The Labute approximate surface area is 118 Å². The highest BCUT2D eigenvalue weighted by atomic mass is 16.6. The number of H-pyrrole nitrogens is 1. The average molecular weight is 284 g/mol. The summed E-state index contributed by atoms with van der Waals surface area (Å²) in [5.74, 6) is -0.339. The van der Waals surface area contributed by atoms with Gasteiger partial charge in [0.1, 0.15) is 16.7 Å². The highest BCUT2D eigenvalue weighted by molar-refractivity contribution is 5.92. The van der Waals surface area contributed by atoms with Gasteiger partial charge in [-0.25, -0.2) is 4.63 Å². The maximum absolute atomic E-state index is 12.0. The molecule has 21 heavy (non-hydrogen) atoms. The highest BCUT2D eigenvalue weighted by Crippen LogP contribution is 2.11. The number of aryl methyl sites for hydroxylation is 1. The Morgan fingerprint density at radius 3 is 2.86 bits per heavy atom. The molecule has 7 heteroatoms. The monoisotopic (exact) mass is 284 g/mol. The Morgan fingerprint density at radius 2 is 2.05 bits per heavy atom. The molecule has 0 bridgehead atoms. The lowest BCUT2D eigenvalue weighted by Crippen LogP contribution is -2.25. The minimum Gasteiger partial charge on any atom is -0.354 e. The van der Waals surface area contributed by atoms with Crippen molar-refractivity contribution in [3.8, 4) is 0 Å². The van der Waals surface area contributed by atoms with Crippen molar-refractivity contribution in [3.63, 3.8) is 0 Å². The number of aromatic amines is 1. The molecule has 2 heterocycles. The summed E-state index contributed by atoms with van der Waals surface area (Å²) in [5, 5.41) is 10.2. The van der Waals surface area contributed by atoms with Crippen molar-refractivity contribution in [2.45, 2.75) is 13.5 Å². The summed E-state index contributed by atoms with van der Waals surface area (Å²) in [6.07, 6.45) is 0. The van der Waals surface area contributed by atoms with Crippen LogP contribution in [0.1, 0.15) is 21.7 Å². The molecule has 0 fully saturated rings. The van der Waals surface area contributed by atoms with Crippen LogP contribution in [-0.4, -0.2) is 21.2 Å². The van der Waals surface area contributed by atoms with Crippen LogP contribution in [0.2, 0.25) is 0 Å². The van der Waals surface area contributed by atoms with Crippen LogP contribution in [0.25, 0.3) is 11.0 Å². The summed E-state index contributed by atoms with van der Waals surface area (Å²) < 4.78 is 4.61. The number of aromatic nitrogens is 3. The van der Waals surface area contributed by atoms with Gasteiger partial charge in [0, 0.05) is 24.4 Å². The number of fused-ring (bicyclic) bond motifs is 1. The van der Waals surface area contributed by atoms with Gasteiger partial charge in [-0.3, -0.25) is 9.59 Å². The van der Waals surface area contributed by atoms with Gasteiger partial charge >= 0.3 is 0 Å². The molecule has 0 aliphatic rings. The fourth-order valence-electron chi connectivity index (χ4n) is 2.02. The first kappa shape index (κ1) is 13.0. The van der Waals surface area contributed by atoms with Gasteiger partial charge in [0.05, 0.1) is 0 Å². The van der Waals surface area contributed by atoms with Crippen molar-refractivity contribution < 1.29 is 9.42 Å². The Morgan fingerprint density at radius 1 is 1.24 bits per heavy atom. The topological polar surface area (TPSA) is 101 Å². The molecule has 0 aliphatic carbocycles. The van der Waals surface area contributed by atoms with E-state index in [1.54, 1.807) is 19.1 Å². The third-order valence-electron chi connectivity index (χ3n) is 2.99. The number of carbonyl (C=O) groups is 1. The van der Waals surface area contributed by atoms with Crippen LogP contribution >= 0.6 is 0 Å². The molecule has 0 unspecified atom stereocenters. The van der Waals surface area contributed by atoms with Crippen molar-refractivity contribution in [1.29, 1.82) is 0 Å². The van der Waals surface area contributed by atoms with Crippen molar-refractivity contribution in [3.05, 3.63) is 57.5 Å². The van der Waals surface area contributed by atoms with Crippen LogP contribution in [0.5, 0.6) is 0 Å². The standard InChI is InChI=1S/C14H12N4O3/c1-8-4-10(19)6-13(16-8)14(20)15-7-9-2-3-11-12(5-9)18-21-17-11/h2-6H,7H2,1H3,(H,15,20)(H,16,19). The van der Waals surface area contributed by atoms with Crippen LogP contribution in [0.3, 0.4) is 0 Å². The van der Waals surface area contributed by atoms with Crippen molar-refractivity contribution in [1.82, 2.24) is 20.6 Å². The number of nitrogens with zero attached hydrogens (tertiary/aromatic N) is 2. The number of rotatable bonds is 3. The number of benzene rings is 1. The second-order valence-corrected chi connectivity index (χ2v) is 4.68. The number of amides is 1. The lowest BCUT2D eigenvalue weighted by molar-refractivity contribution is 0.0945. The quantitative estimate of drug-likeness (QED) is 0.751. The number of pyridine rings is 1. The molecule has 2 N–H and O–H groups in total. The second kappa shape index (κ2) is 5.20. The average Bonchev–Trinajstić information content (AvgIpc) is 2.91. The lowest BCUT2D eigenvalue weighted by Gasteiger charge is -2.06. The molecule has 0 saturated heterocycles. The summed E-state index contributed by atoms with van der Waals surface area (Å²) in [7, 11) is 0. The zero-order valence-corrected chi connectivity index (χ0v) is 11.2. The Bertz CT molecular complexity index is 866. The van der Waals surface area contributed by atoms with E-state index in [0.29, 0.717) is 23.3 Å². The molecular weight excluding hydrogens is 272 g/mol. The van der Waals surface area contributed by atoms with E-state index in [1.807, 2.05) is 6.07 Å². The zero-order valence-electron chi connectivity index (χ0n) is 11.2. The van der Waals surface area contributed by atoms with E-state index in [4.69, 9.17) is 0 Å². The summed E-state index contributed by atoms with van der Waals surface area (Å²) in [5.41, 5.74) is 2.83. The third-order valence-corrected chi connectivity index (χ3v) is 2.99. The lowest BCUT2D eigenvalue weighted by atomic mass is 10.2. The molecular formula is C14H12N4O3. The minimum atomic E-state index is -0.339. The van der Waals surface area contributed by atoms with E-state index in [1.165, 1.54) is 12.1 Å². The second-order valence-electron chi connectivity index (χ2n) is 4.68. The molecule has 1 aromatic carbocycles. The van der Waals surface area contributed by atoms with Crippen molar-refractivity contribution in [2.75, 3.05) is 0 Å². The van der Waals surface area contributed by atoms with Crippen LogP contribution in [0.15, 0.2) is 39.8 Å². The van der Waals surface area contributed by atoms with Gasteiger partial charge in [0.15, 0.2) is 5.43 Å². The summed E-state index contributed by atoms with van der Waals surface area (Å²) in [4.78, 5) is 26.2. The highest BCUT2D eigenvalue weighted by Gasteiger charge is 2.08. The first-order chi connectivity index (χ1) is 10.1. The zero-order chi connectivity index (χ0) is 14.8.